The van der Waals surface area contributed by atoms with E-state index in [1.54, 1.807) is 0 Å². The summed E-state index contributed by atoms with van der Waals surface area (Å²) in [5, 5.41) is 0.267. The summed E-state index contributed by atoms with van der Waals surface area (Å²) in [5.41, 5.74) is 0.322. The van der Waals surface area contributed by atoms with Crippen LogP contribution in [0.1, 0.15) is 11.3 Å². The van der Waals surface area contributed by atoms with Gasteiger partial charge in [0.15, 0.2) is 0 Å². The quantitative estimate of drug-likeness (QED) is 0.536. The zero-order valence-corrected chi connectivity index (χ0v) is 6.26. The smallest absolute Gasteiger partial charge is 0.271 e. The van der Waals surface area contributed by atoms with Gasteiger partial charge in [0.25, 0.3) is 5.82 Å². The lowest BCUT2D eigenvalue weighted by molar-refractivity contribution is 1.26. The van der Waals surface area contributed by atoms with Crippen LogP contribution >= 0.6 is 11.6 Å². The Bertz CT molecular complexity index is 302. The first-order valence-corrected chi connectivity index (χ1v) is 3.12. The van der Waals surface area contributed by atoms with Crippen molar-refractivity contribution >= 4 is 17.4 Å². The average molecular weight is 163 g/mol. The average Bonchev–Trinajstić information content (AvgIpc) is 1.99. The van der Waals surface area contributed by atoms with Gasteiger partial charge in [-0.2, -0.15) is 0 Å². The van der Waals surface area contributed by atoms with E-state index in [0.29, 0.717) is 0 Å². The summed E-state index contributed by atoms with van der Waals surface area (Å²) in [6.07, 6.45) is 0. The summed E-state index contributed by atoms with van der Waals surface area (Å²) in [5.74, 6) is 0.154. The van der Waals surface area contributed by atoms with Crippen molar-refractivity contribution in [3.8, 4) is 0 Å². The third kappa shape index (κ3) is 1.50. The highest BCUT2D eigenvalue weighted by Crippen LogP contribution is 2.22. The van der Waals surface area contributed by atoms with Crippen molar-refractivity contribution in [2.45, 2.75) is 0 Å². The maximum Gasteiger partial charge on any atom is 0.271 e. The maximum atomic E-state index is 6.62. The monoisotopic (exact) mass is 162 g/mol. The van der Waals surface area contributed by atoms with Crippen molar-refractivity contribution in [1.29, 1.82) is 0 Å². The fourth-order valence-electron chi connectivity index (χ4n) is 0.587. The molecule has 0 N–H and O–H groups in total. The number of aromatic nitrogens is 1. The minimum absolute atomic E-state index is 0.100. The first-order valence-electron chi connectivity index (χ1n) is 2.74. The molecule has 1 aromatic heterocycles. The Morgan fingerprint density at radius 2 is 2.18 bits per heavy atom. The molecule has 52 valence electrons. The van der Waals surface area contributed by atoms with E-state index in [-0.39, 0.29) is 22.1 Å². The fraction of sp³-hybridized carbons (Fsp3) is 0. The van der Waals surface area contributed by atoms with Crippen LogP contribution in [0.15, 0.2) is 6.07 Å². The molecule has 0 saturated carbocycles. The molecule has 3 heteroatoms. The standard InChI is InChI=1S/C8H3ClN2/c1-5-6(2)11-8(10-3)4-7(5)9/h1-2,4H. The lowest BCUT2D eigenvalue weighted by Crippen LogP contribution is -1.86. The van der Waals surface area contributed by atoms with E-state index in [1.165, 1.54) is 6.07 Å². The molecule has 0 aliphatic rings. The second kappa shape index (κ2) is 2.89. The lowest BCUT2D eigenvalue weighted by atomic mass is 10.2. The van der Waals surface area contributed by atoms with Crippen LogP contribution < -0.4 is 0 Å². The molecule has 1 rings (SSSR count). The number of pyridine rings is 1. The van der Waals surface area contributed by atoms with Crippen molar-refractivity contribution in [3.63, 3.8) is 0 Å². The largest absolute Gasteiger partial charge is 0.361 e. The summed E-state index contributed by atoms with van der Waals surface area (Å²) in [6.45, 7) is 17.3. The molecule has 11 heavy (non-hydrogen) atoms. The molecule has 2 nitrogen and oxygen atoms in total. The fourth-order valence-corrected chi connectivity index (χ4v) is 0.781. The van der Waals surface area contributed by atoms with Crippen molar-refractivity contribution < 1.29 is 0 Å². The third-order valence-corrected chi connectivity index (χ3v) is 1.45. The van der Waals surface area contributed by atoms with Crippen LogP contribution in [0.2, 0.25) is 5.02 Å². The number of nitrogens with zero attached hydrogens (tertiary/aromatic N) is 2. The highest BCUT2D eigenvalue weighted by atomic mass is 35.5. The predicted molar refractivity (Wildman–Crippen MR) is 42.3 cm³/mol. The molecule has 0 fully saturated rings. The molecule has 0 bridgehead atoms. The van der Waals surface area contributed by atoms with Crippen molar-refractivity contribution in [2.24, 2.45) is 0 Å². The summed E-state index contributed by atoms with van der Waals surface area (Å²) in [6, 6.07) is 1.38. The molecule has 0 aliphatic carbocycles. The van der Waals surface area contributed by atoms with Crippen LogP contribution in [0, 0.1) is 20.4 Å². The second-order valence-corrected chi connectivity index (χ2v) is 2.28. The van der Waals surface area contributed by atoms with Crippen LogP contribution in [-0.4, -0.2) is 4.98 Å². The molecule has 1 heterocycles. The van der Waals surface area contributed by atoms with Gasteiger partial charge in [-0.05, 0) is 6.07 Å². The third-order valence-electron chi connectivity index (χ3n) is 1.14. The van der Waals surface area contributed by atoms with Gasteiger partial charge < -0.3 is 4.85 Å². The molecule has 0 aliphatic heterocycles. The first kappa shape index (κ1) is 8.03. The van der Waals surface area contributed by atoms with Gasteiger partial charge in [0.05, 0.1) is 0 Å². The van der Waals surface area contributed by atoms with Crippen LogP contribution in [0.3, 0.4) is 0 Å². The first-order chi connectivity index (χ1) is 5.15. The topological polar surface area (TPSA) is 17.2 Å². The Labute approximate surface area is 70.7 Å². The number of rotatable bonds is 0. The molecule has 0 saturated heterocycles. The van der Waals surface area contributed by atoms with Crippen LogP contribution in [-0.2, 0) is 0 Å². The Hall–Kier alpha value is -1.07. The van der Waals surface area contributed by atoms with Gasteiger partial charge in [-0.1, -0.05) is 18.2 Å². The zero-order chi connectivity index (χ0) is 8.43. The van der Waals surface area contributed by atoms with Gasteiger partial charge in [0.2, 0.25) is 0 Å². The molecule has 0 atom stereocenters. The van der Waals surface area contributed by atoms with Crippen LogP contribution in [0.5, 0.6) is 0 Å². The summed E-state index contributed by atoms with van der Waals surface area (Å²) in [7, 11) is 0. The minimum atomic E-state index is 0.100. The molecular formula is C8H3ClN2. The Balaban J connectivity index is 3.35. The van der Waals surface area contributed by atoms with Crippen LogP contribution in [0.25, 0.3) is 4.85 Å². The summed E-state index contributed by atoms with van der Waals surface area (Å²) < 4.78 is 0. The summed E-state index contributed by atoms with van der Waals surface area (Å²) >= 11 is 5.61. The van der Waals surface area contributed by atoms with Crippen LogP contribution in [0.4, 0.5) is 5.82 Å². The van der Waals surface area contributed by atoms with E-state index in [1.807, 2.05) is 0 Å². The highest BCUT2D eigenvalue weighted by Gasteiger charge is 2.05. The number of halogens is 1. The number of hydrogen-bond acceptors (Lipinski definition) is 1. The molecule has 0 unspecified atom stereocenters. The zero-order valence-electron chi connectivity index (χ0n) is 5.50. The molecule has 0 amide bonds. The van der Waals surface area contributed by atoms with E-state index in [9.17, 15) is 0 Å². The Kier molecular flexibility index (Phi) is 2.11. The van der Waals surface area contributed by atoms with Crippen molar-refractivity contribution in [1.82, 2.24) is 4.98 Å². The number of hydrogen-bond donors (Lipinski definition) is 0. The van der Waals surface area contributed by atoms with E-state index in [4.69, 9.17) is 32.0 Å². The van der Waals surface area contributed by atoms with Gasteiger partial charge in [0, 0.05) is 24.4 Å². The lowest BCUT2D eigenvalue weighted by Gasteiger charge is -1.97. The van der Waals surface area contributed by atoms with Gasteiger partial charge in [-0.25, -0.2) is 0 Å². The molecule has 0 spiro atoms. The van der Waals surface area contributed by atoms with E-state index >= 15 is 0 Å². The summed E-state index contributed by atoms with van der Waals surface area (Å²) in [4.78, 5) is 6.72. The predicted octanol–water partition coefficient (Wildman–Crippen LogP) is 2.40. The van der Waals surface area contributed by atoms with Crippen molar-refractivity contribution in [2.75, 3.05) is 0 Å². The SMILES string of the molecule is [C-]#[N+]c1cc(Cl)c([CH])c([CH])n1. The Morgan fingerprint density at radius 1 is 1.55 bits per heavy atom. The Morgan fingerprint density at radius 3 is 2.64 bits per heavy atom. The molecule has 1 aromatic rings. The minimum Gasteiger partial charge on any atom is -0.361 e. The second-order valence-electron chi connectivity index (χ2n) is 1.87. The van der Waals surface area contributed by atoms with Gasteiger partial charge in [0.1, 0.15) is 5.69 Å². The normalized spacial score (nSPS) is 9.27. The highest BCUT2D eigenvalue weighted by molar-refractivity contribution is 6.31. The van der Waals surface area contributed by atoms with Gasteiger partial charge in [-0.15, -0.1) is 4.98 Å². The van der Waals surface area contributed by atoms with Gasteiger partial charge in [-0.3, -0.25) is 0 Å². The molecule has 4 radical (unpaired) electrons. The van der Waals surface area contributed by atoms with Gasteiger partial charge >= 0.3 is 0 Å². The molecule has 0 aromatic carbocycles. The maximum absolute atomic E-state index is 6.62. The molecular weight excluding hydrogens is 160 g/mol. The van der Waals surface area contributed by atoms with E-state index in [2.05, 4.69) is 9.83 Å². The van der Waals surface area contributed by atoms with Crippen molar-refractivity contribution in [3.05, 3.63) is 47.6 Å². The van der Waals surface area contributed by atoms with E-state index < -0.39 is 0 Å². The van der Waals surface area contributed by atoms with E-state index in [0.717, 1.165) is 0 Å².